The molecule has 0 fully saturated rings. The third-order valence-corrected chi connectivity index (χ3v) is 3.74. The number of aliphatic hydroxyl groups is 1. The molecule has 0 amide bonds. The van der Waals surface area contributed by atoms with Gasteiger partial charge in [0.2, 0.25) is 5.75 Å². The number of phenols is 1. The van der Waals surface area contributed by atoms with Crippen molar-refractivity contribution in [3.8, 4) is 28.7 Å². The van der Waals surface area contributed by atoms with Crippen molar-refractivity contribution >= 4 is 18.9 Å². The van der Waals surface area contributed by atoms with Gasteiger partial charge in [0.25, 0.3) is 0 Å². The number of ether oxygens (including phenoxy) is 4. The summed E-state index contributed by atoms with van der Waals surface area (Å²) in [6.07, 6.45) is -0.484. The molecule has 25 heavy (non-hydrogen) atoms. The Morgan fingerprint density at radius 1 is 0.840 bits per heavy atom. The molecule has 2 N–H and O–H groups in total. The van der Waals surface area contributed by atoms with Gasteiger partial charge in [-0.15, -0.1) is 0 Å². The summed E-state index contributed by atoms with van der Waals surface area (Å²) in [5, 5.41) is 20.4. The Bertz CT molecular complexity index is 679. The zero-order valence-corrected chi connectivity index (χ0v) is 14.2. The summed E-state index contributed by atoms with van der Waals surface area (Å²) >= 11 is 0. The van der Waals surface area contributed by atoms with Crippen molar-refractivity contribution in [2.45, 2.75) is 12.5 Å². The van der Waals surface area contributed by atoms with Gasteiger partial charge in [-0.25, -0.2) is 0 Å². The zero-order valence-electron chi connectivity index (χ0n) is 14.2. The first-order chi connectivity index (χ1) is 11.5. The standard InChI is InChI=1S/C18H22O6.Li.H/c1-21-15-6-5-11(8-14(15)20)7-13(19)12-9-16(22-2)18(24-4)17(10-12)23-3;;/h5-6,8-10,13,19-20H,7H2,1-4H3;;/t13-;;/m1../s1. The molecule has 0 saturated carbocycles. The van der Waals surface area contributed by atoms with E-state index in [1.54, 1.807) is 30.3 Å². The van der Waals surface area contributed by atoms with Gasteiger partial charge in [0.1, 0.15) is 0 Å². The average molecular weight is 342 g/mol. The number of hydrogen-bond donors (Lipinski definition) is 2. The number of aromatic hydroxyl groups is 1. The summed E-state index contributed by atoms with van der Waals surface area (Å²) in [4.78, 5) is 0. The molecule has 0 aliphatic carbocycles. The van der Waals surface area contributed by atoms with Crippen LogP contribution in [0, 0.1) is 0 Å². The van der Waals surface area contributed by atoms with Crippen molar-refractivity contribution in [3.63, 3.8) is 0 Å². The SMILES string of the molecule is COc1ccc(C[C@@H](O)c2cc(OC)c(OC)c(OC)c2)cc1O.[LiH]. The number of benzene rings is 2. The number of hydrogen-bond acceptors (Lipinski definition) is 6. The molecule has 0 saturated heterocycles. The van der Waals surface area contributed by atoms with E-state index < -0.39 is 6.10 Å². The van der Waals surface area contributed by atoms with Crippen LogP contribution in [0.25, 0.3) is 0 Å². The van der Waals surface area contributed by atoms with Crippen LogP contribution in [0.3, 0.4) is 0 Å². The van der Waals surface area contributed by atoms with Crippen LogP contribution in [0.1, 0.15) is 17.2 Å². The molecule has 0 bridgehead atoms. The fraction of sp³-hybridized carbons (Fsp3) is 0.333. The summed E-state index contributed by atoms with van der Waals surface area (Å²) < 4.78 is 20.9. The zero-order chi connectivity index (χ0) is 17.7. The minimum absolute atomic E-state index is 0. The van der Waals surface area contributed by atoms with Gasteiger partial charge in [0.05, 0.1) is 34.5 Å². The summed E-state index contributed by atoms with van der Waals surface area (Å²) in [5.74, 6) is 1.85. The molecular weight excluding hydrogens is 319 g/mol. The van der Waals surface area contributed by atoms with Gasteiger partial charge < -0.3 is 29.2 Å². The molecule has 0 aromatic heterocycles. The molecule has 0 radical (unpaired) electrons. The van der Waals surface area contributed by atoms with Crippen molar-refractivity contribution < 1.29 is 29.2 Å². The second kappa shape index (κ2) is 9.47. The fourth-order valence-corrected chi connectivity index (χ4v) is 2.50. The van der Waals surface area contributed by atoms with E-state index >= 15 is 0 Å². The van der Waals surface area contributed by atoms with E-state index in [-0.39, 0.29) is 24.6 Å². The van der Waals surface area contributed by atoms with Crippen molar-refractivity contribution in [2.24, 2.45) is 0 Å². The van der Waals surface area contributed by atoms with E-state index in [0.29, 0.717) is 35.0 Å². The molecule has 0 aliphatic heterocycles. The Morgan fingerprint density at radius 3 is 1.84 bits per heavy atom. The van der Waals surface area contributed by atoms with Crippen LogP contribution in [0.5, 0.6) is 28.7 Å². The Morgan fingerprint density at radius 2 is 1.40 bits per heavy atom. The second-order valence-electron chi connectivity index (χ2n) is 5.18. The van der Waals surface area contributed by atoms with Gasteiger partial charge in [0.15, 0.2) is 23.0 Å². The third kappa shape index (κ3) is 4.76. The first-order valence-corrected chi connectivity index (χ1v) is 7.37. The van der Waals surface area contributed by atoms with Gasteiger partial charge in [-0.2, -0.15) is 0 Å². The van der Waals surface area contributed by atoms with Crippen molar-refractivity contribution in [2.75, 3.05) is 28.4 Å². The minimum atomic E-state index is -0.800. The molecule has 132 valence electrons. The van der Waals surface area contributed by atoms with Crippen molar-refractivity contribution in [3.05, 3.63) is 41.5 Å². The van der Waals surface area contributed by atoms with Gasteiger partial charge in [0, 0.05) is 6.42 Å². The number of rotatable bonds is 7. The van der Waals surface area contributed by atoms with E-state index in [1.807, 2.05) is 0 Å². The Kier molecular flexibility index (Phi) is 7.97. The maximum atomic E-state index is 10.5. The van der Waals surface area contributed by atoms with Crippen LogP contribution < -0.4 is 18.9 Å². The van der Waals surface area contributed by atoms with Gasteiger partial charge in [-0.3, -0.25) is 0 Å². The normalized spacial score (nSPS) is 11.2. The Hall–Kier alpha value is -2.00. The predicted molar refractivity (Wildman–Crippen MR) is 96.6 cm³/mol. The van der Waals surface area contributed by atoms with Crippen LogP contribution in [0.2, 0.25) is 0 Å². The molecule has 0 aliphatic rings. The summed E-state index contributed by atoms with van der Waals surface area (Å²) in [7, 11) is 6.06. The van der Waals surface area contributed by atoms with Gasteiger partial charge >= 0.3 is 18.9 Å². The Balaban J connectivity index is 0.00000312. The van der Waals surface area contributed by atoms with Gasteiger partial charge in [-0.1, -0.05) is 6.07 Å². The summed E-state index contributed by atoms with van der Waals surface area (Å²) in [5.41, 5.74) is 1.40. The first kappa shape index (κ1) is 21.0. The van der Waals surface area contributed by atoms with E-state index in [4.69, 9.17) is 18.9 Å². The topological polar surface area (TPSA) is 77.4 Å². The molecule has 6 nitrogen and oxygen atoms in total. The van der Waals surface area contributed by atoms with Gasteiger partial charge in [-0.05, 0) is 35.4 Å². The molecular formula is C18H23LiO6. The van der Waals surface area contributed by atoms with E-state index in [9.17, 15) is 10.2 Å². The monoisotopic (exact) mass is 342 g/mol. The molecule has 2 rings (SSSR count). The molecule has 0 spiro atoms. The molecule has 2 aromatic rings. The first-order valence-electron chi connectivity index (χ1n) is 7.37. The Labute approximate surface area is 159 Å². The van der Waals surface area contributed by atoms with E-state index in [1.165, 1.54) is 28.4 Å². The fourth-order valence-electron chi connectivity index (χ4n) is 2.50. The third-order valence-electron chi connectivity index (χ3n) is 3.74. The molecule has 2 aromatic carbocycles. The molecule has 0 unspecified atom stereocenters. The van der Waals surface area contributed by atoms with Crippen LogP contribution in [-0.2, 0) is 6.42 Å². The van der Waals surface area contributed by atoms with Crippen LogP contribution in [0.15, 0.2) is 30.3 Å². The van der Waals surface area contributed by atoms with Crippen molar-refractivity contribution in [1.82, 2.24) is 0 Å². The van der Waals surface area contributed by atoms with Crippen LogP contribution >= 0.6 is 0 Å². The van der Waals surface area contributed by atoms with Crippen LogP contribution in [-0.4, -0.2) is 57.5 Å². The average Bonchev–Trinajstić information content (AvgIpc) is 2.60. The van der Waals surface area contributed by atoms with Crippen molar-refractivity contribution in [1.29, 1.82) is 0 Å². The summed E-state index contributed by atoms with van der Waals surface area (Å²) in [6.45, 7) is 0. The molecule has 0 heterocycles. The maximum absolute atomic E-state index is 10.5. The number of methoxy groups -OCH3 is 4. The second-order valence-corrected chi connectivity index (χ2v) is 5.18. The predicted octanol–water partition coefficient (Wildman–Crippen LogP) is 2.05. The number of aliphatic hydroxyl groups excluding tert-OH is 1. The van der Waals surface area contributed by atoms with E-state index in [0.717, 1.165) is 5.56 Å². The molecule has 1 atom stereocenters. The summed E-state index contributed by atoms with van der Waals surface area (Å²) in [6, 6.07) is 8.43. The van der Waals surface area contributed by atoms with E-state index in [2.05, 4.69) is 0 Å². The molecule has 7 heteroatoms. The van der Waals surface area contributed by atoms with Crippen LogP contribution in [0.4, 0.5) is 0 Å². The quantitative estimate of drug-likeness (QED) is 0.750. The number of phenolic OH excluding ortho intramolecular Hbond substituents is 1.